The Hall–Kier alpha value is -2.60. The van der Waals surface area contributed by atoms with E-state index in [1.807, 2.05) is 45.9 Å². The van der Waals surface area contributed by atoms with Gasteiger partial charge in [-0.2, -0.15) is 0 Å². The second kappa shape index (κ2) is 7.74. The summed E-state index contributed by atoms with van der Waals surface area (Å²) in [6.07, 6.45) is 1.67. The van der Waals surface area contributed by atoms with Crippen LogP contribution in [0.3, 0.4) is 0 Å². The average Bonchev–Trinajstić information content (AvgIpc) is 2.94. The topological polar surface area (TPSA) is 65.2 Å². The van der Waals surface area contributed by atoms with Gasteiger partial charge in [0.05, 0.1) is 11.3 Å². The van der Waals surface area contributed by atoms with Crippen molar-refractivity contribution in [3.8, 4) is 5.75 Å². The molecule has 0 saturated heterocycles. The molecule has 3 aromatic rings. The second-order valence-corrected chi connectivity index (χ2v) is 7.07. The average molecular weight is 368 g/mol. The zero-order valence-electron chi connectivity index (χ0n) is 15.2. The molecule has 0 aliphatic carbocycles. The van der Waals surface area contributed by atoms with Gasteiger partial charge in [0.25, 0.3) is 0 Å². The zero-order chi connectivity index (χ0) is 18.7. The van der Waals surface area contributed by atoms with Crippen molar-refractivity contribution < 1.29 is 14.1 Å². The molecule has 0 aliphatic rings. The fraction of sp³-hybridized carbons (Fsp3) is 0.250. The first-order chi connectivity index (χ1) is 12.5. The van der Waals surface area contributed by atoms with E-state index < -0.39 is 5.97 Å². The summed E-state index contributed by atoms with van der Waals surface area (Å²) in [4.78, 5) is 17.0. The highest BCUT2D eigenvalue weighted by molar-refractivity contribution is 7.98. The van der Waals surface area contributed by atoms with Gasteiger partial charge in [-0.3, -0.25) is 0 Å². The van der Waals surface area contributed by atoms with Crippen LogP contribution in [0.5, 0.6) is 5.75 Å². The molecule has 0 fully saturated rings. The van der Waals surface area contributed by atoms with Crippen LogP contribution in [-0.4, -0.2) is 16.1 Å². The number of rotatable bonds is 5. The number of ether oxygens (including phenoxy) is 1. The largest absolute Gasteiger partial charge is 0.423 e. The molecular formula is C20H20N2O3S. The smallest absolute Gasteiger partial charge is 0.346 e. The van der Waals surface area contributed by atoms with Crippen LogP contribution in [0.4, 0.5) is 0 Å². The summed E-state index contributed by atoms with van der Waals surface area (Å²) in [6, 6.07) is 9.19. The van der Waals surface area contributed by atoms with Gasteiger partial charge >= 0.3 is 5.97 Å². The summed E-state index contributed by atoms with van der Waals surface area (Å²) in [7, 11) is 0. The van der Waals surface area contributed by atoms with Crippen LogP contribution in [0, 0.1) is 27.7 Å². The van der Waals surface area contributed by atoms with Crippen molar-refractivity contribution in [2.45, 2.75) is 38.5 Å². The molecule has 0 bridgehead atoms. The molecule has 134 valence electrons. The van der Waals surface area contributed by atoms with Crippen molar-refractivity contribution in [2.75, 3.05) is 0 Å². The van der Waals surface area contributed by atoms with Crippen molar-refractivity contribution in [2.24, 2.45) is 0 Å². The van der Waals surface area contributed by atoms with Gasteiger partial charge in [0.2, 0.25) is 0 Å². The van der Waals surface area contributed by atoms with Gasteiger partial charge in [0, 0.05) is 17.5 Å². The number of esters is 1. The highest BCUT2D eigenvalue weighted by Gasteiger charge is 2.18. The number of nitrogens with zero attached hydrogens (tertiary/aromatic N) is 2. The highest BCUT2D eigenvalue weighted by atomic mass is 32.2. The Balaban J connectivity index is 1.79. The lowest BCUT2D eigenvalue weighted by Gasteiger charge is -2.10. The predicted molar refractivity (Wildman–Crippen MR) is 101 cm³/mol. The Morgan fingerprint density at radius 1 is 1.19 bits per heavy atom. The quantitative estimate of drug-likeness (QED) is 0.366. The maximum absolute atomic E-state index is 12.7. The normalized spacial score (nSPS) is 10.8. The Morgan fingerprint density at radius 3 is 2.69 bits per heavy atom. The second-order valence-electron chi connectivity index (χ2n) is 6.11. The molecule has 0 amide bonds. The highest BCUT2D eigenvalue weighted by Crippen LogP contribution is 2.28. The van der Waals surface area contributed by atoms with Crippen LogP contribution >= 0.6 is 11.8 Å². The van der Waals surface area contributed by atoms with E-state index in [9.17, 15) is 4.79 Å². The van der Waals surface area contributed by atoms with E-state index in [0.29, 0.717) is 22.1 Å². The van der Waals surface area contributed by atoms with Crippen molar-refractivity contribution in [1.82, 2.24) is 10.1 Å². The van der Waals surface area contributed by atoms with Crippen molar-refractivity contribution >= 4 is 17.7 Å². The lowest BCUT2D eigenvalue weighted by molar-refractivity contribution is 0.0729. The van der Waals surface area contributed by atoms with E-state index >= 15 is 0 Å². The third kappa shape index (κ3) is 3.96. The van der Waals surface area contributed by atoms with Crippen LogP contribution in [0.1, 0.15) is 38.5 Å². The molecule has 0 aliphatic heterocycles. The number of hydrogen-bond donors (Lipinski definition) is 0. The molecule has 2 aromatic heterocycles. The van der Waals surface area contributed by atoms with Crippen LogP contribution in [-0.2, 0) is 5.75 Å². The zero-order valence-corrected chi connectivity index (χ0v) is 16.0. The fourth-order valence-corrected chi connectivity index (χ4v) is 3.71. The predicted octanol–water partition coefficient (Wildman–Crippen LogP) is 4.81. The molecule has 6 heteroatoms. The van der Waals surface area contributed by atoms with Gasteiger partial charge in [0.1, 0.15) is 16.5 Å². The van der Waals surface area contributed by atoms with E-state index in [0.717, 1.165) is 28.1 Å². The van der Waals surface area contributed by atoms with Crippen LogP contribution in [0.25, 0.3) is 0 Å². The summed E-state index contributed by atoms with van der Waals surface area (Å²) in [6.45, 7) is 7.71. The number of carbonyl (C=O) groups excluding carboxylic acids is 1. The van der Waals surface area contributed by atoms with Crippen LogP contribution in [0.15, 0.2) is 46.1 Å². The Morgan fingerprint density at radius 2 is 2.00 bits per heavy atom. The molecule has 0 unspecified atom stereocenters. The third-order valence-electron chi connectivity index (χ3n) is 4.06. The lowest BCUT2D eigenvalue weighted by Crippen LogP contribution is -2.11. The van der Waals surface area contributed by atoms with Gasteiger partial charge in [-0.1, -0.05) is 22.9 Å². The number of thioether (sulfide) groups is 1. The first-order valence-corrected chi connectivity index (χ1v) is 9.23. The molecule has 0 atom stereocenters. The summed E-state index contributed by atoms with van der Waals surface area (Å²) in [5, 5.41) is 4.59. The molecule has 26 heavy (non-hydrogen) atoms. The molecule has 3 rings (SSSR count). The monoisotopic (exact) mass is 368 g/mol. The van der Waals surface area contributed by atoms with E-state index in [-0.39, 0.29) is 0 Å². The van der Waals surface area contributed by atoms with E-state index in [4.69, 9.17) is 9.26 Å². The first kappa shape index (κ1) is 18.2. The Labute approximate surface area is 156 Å². The maximum Gasteiger partial charge on any atom is 0.346 e. The van der Waals surface area contributed by atoms with E-state index in [2.05, 4.69) is 10.1 Å². The number of benzene rings is 1. The van der Waals surface area contributed by atoms with Gasteiger partial charge in [-0.05, 0) is 51.5 Å². The molecule has 0 spiro atoms. The van der Waals surface area contributed by atoms with Crippen molar-refractivity contribution in [1.29, 1.82) is 0 Å². The number of carbonyl (C=O) groups is 1. The number of hydrogen-bond acceptors (Lipinski definition) is 6. The fourth-order valence-electron chi connectivity index (χ4n) is 2.58. The summed E-state index contributed by atoms with van der Waals surface area (Å²) in [5.41, 5.74) is 4.37. The van der Waals surface area contributed by atoms with Gasteiger partial charge in [0.15, 0.2) is 0 Å². The molecule has 5 nitrogen and oxygen atoms in total. The molecular weight excluding hydrogens is 348 g/mol. The Bertz CT molecular complexity index is 930. The Kier molecular flexibility index (Phi) is 5.42. The maximum atomic E-state index is 12.7. The van der Waals surface area contributed by atoms with Gasteiger partial charge in [-0.15, -0.1) is 11.8 Å². The van der Waals surface area contributed by atoms with Crippen LogP contribution in [0.2, 0.25) is 0 Å². The van der Waals surface area contributed by atoms with Crippen molar-refractivity contribution in [3.05, 3.63) is 70.2 Å². The van der Waals surface area contributed by atoms with Gasteiger partial charge in [-0.25, -0.2) is 9.78 Å². The number of pyridine rings is 1. The van der Waals surface area contributed by atoms with E-state index in [1.54, 1.807) is 18.3 Å². The lowest BCUT2D eigenvalue weighted by atomic mass is 10.1. The SMILES string of the molecule is Cc1ccc(OC(=O)c2cccnc2SCc2c(C)noc2C)c(C)c1. The summed E-state index contributed by atoms with van der Waals surface area (Å²) in [5.74, 6) is 1.56. The summed E-state index contributed by atoms with van der Waals surface area (Å²) < 4.78 is 10.8. The number of aryl methyl sites for hydroxylation is 4. The van der Waals surface area contributed by atoms with E-state index in [1.165, 1.54) is 11.8 Å². The van der Waals surface area contributed by atoms with Crippen molar-refractivity contribution in [3.63, 3.8) is 0 Å². The minimum absolute atomic E-state index is 0.411. The standard InChI is InChI=1S/C20H20N2O3S/c1-12-7-8-18(13(2)10-12)24-20(23)16-6-5-9-21-19(16)26-11-17-14(3)22-25-15(17)4/h5-10H,11H2,1-4H3. The minimum Gasteiger partial charge on any atom is -0.423 e. The minimum atomic E-state index is -0.411. The molecule has 0 N–H and O–H groups in total. The number of aromatic nitrogens is 2. The molecule has 2 heterocycles. The molecule has 0 radical (unpaired) electrons. The first-order valence-electron chi connectivity index (χ1n) is 8.24. The summed E-state index contributed by atoms with van der Waals surface area (Å²) >= 11 is 1.47. The molecule has 0 saturated carbocycles. The van der Waals surface area contributed by atoms with Gasteiger partial charge < -0.3 is 9.26 Å². The third-order valence-corrected chi connectivity index (χ3v) is 5.09. The molecule has 1 aromatic carbocycles. The van der Waals surface area contributed by atoms with Crippen LogP contribution < -0.4 is 4.74 Å².